The predicted molar refractivity (Wildman–Crippen MR) is 129 cm³/mol. The lowest BCUT2D eigenvalue weighted by molar-refractivity contribution is 0.0492. The van der Waals surface area contributed by atoms with Crippen molar-refractivity contribution in [1.29, 1.82) is 0 Å². The number of hydrogen-bond acceptors (Lipinski definition) is 7. The number of hydrogen-bond donors (Lipinski definition) is 0. The lowest BCUT2D eigenvalue weighted by Gasteiger charge is -2.28. The van der Waals surface area contributed by atoms with E-state index in [1.165, 1.54) is 26.9 Å². The van der Waals surface area contributed by atoms with Crippen LogP contribution in [0.1, 0.15) is 42.6 Å². The molecule has 1 unspecified atom stereocenters. The second-order valence-corrected chi connectivity index (χ2v) is 7.79. The fourth-order valence-electron chi connectivity index (χ4n) is 3.79. The van der Waals surface area contributed by atoms with E-state index in [0.29, 0.717) is 35.5 Å². The molecule has 0 amide bonds. The molecule has 0 saturated carbocycles. The van der Waals surface area contributed by atoms with Gasteiger partial charge in [0.1, 0.15) is 5.75 Å². The lowest BCUT2D eigenvalue weighted by atomic mass is 10.1. The minimum Gasteiger partial charge on any atom is -0.497 e. The molecular weight excluding hydrogens is 422 g/mol. The van der Waals surface area contributed by atoms with Crippen LogP contribution < -0.4 is 18.9 Å². The van der Waals surface area contributed by atoms with Crippen molar-refractivity contribution in [1.82, 2.24) is 4.90 Å². The molecule has 0 N–H and O–H groups in total. The second kappa shape index (κ2) is 13.6. The van der Waals surface area contributed by atoms with Crippen LogP contribution in [0, 0.1) is 0 Å². The van der Waals surface area contributed by atoms with Crippen molar-refractivity contribution in [2.24, 2.45) is 0 Å². The molecule has 2 rings (SSSR count). The van der Waals surface area contributed by atoms with Crippen molar-refractivity contribution < 1.29 is 28.5 Å². The summed E-state index contributed by atoms with van der Waals surface area (Å²) in [5.74, 6) is 1.76. The Balaban J connectivity index is 1.80. The topological polar surface area (TPSA) is 66.5 Å². The molecule has 0 heterocycles. The Labute approximate surface area is 197 Å². The fraction of sp³-hybridized carbons (Fsp3) is 0.500. The van der Waals surface area contributed by atoms with Gasteiger partial charge in [0.05, 0.1) is 40.6 Å². The normalized spacial score (nSPS) is 11.7. The maximum absolute atomic E-state index is 12.5. The van der Waals surface area contributed by atoms with E-state index < -0.39 is 5.97 Å². The smallest absolute Gasteiger partial charge is 0.338 e. The number of rotatable bonds is 14. The van der Waals surface area contributed by atoms with E-state index in [1.54, 1.807) is 19.2 Å². The Hall–Kier alpha value is -2.93. The van der Waals surface area contributed by atoms with Crippen LogP contribution in [0.15, 0.2) is 36.4 Å². The van der Waals surface area contributed by atoms with E-state index in [0.717, 1.165) is 38.1 Å². The summed E-state index contributed by atoms with van der Waals surface area (Å²) in [5.41, 5.74) is 1.66. The Morgan fingerprint density at radius 3 is 2.06 bits per heavy atom. The summed E-state index contributed by atoms with van der Waals surface area (Å²) in [6, 6.07) is 11.9. The molecular formula is C26H37NO6. The highest BCUT2D eigenvalue weighted by Gasteiger charge is 2.18. The first-order valence-corrected chi connectivity index (χ1v) is 11.3. The SMILES string of the molecule is CCN(CCCCOC(=O)c1cc(OC)c(OC)c(OC)c1)C(C)Cc1ccc(OC)cc1. The molecule has 7 heteroatoms. The number of ether oxygens (including phenoxy) is 5. The Morgan fingerprint density at radius 1 is 0.909 bits per heavy atom. The van der Waals surface area contributed by atoms with Crippen LogP contribution in [-0.2, 0) is 11.2 Å². The third-order valence-electron chi connectivity index (χ3n) is 5.69. The molecule has 0 aliphatic heterocycles. The number of nitrogens with zero attached hydrogens (tertiary/aromatic N) is 1. The van der Waals surface area contributed by atoms with Gasteiger partial charge < -0.3 is 28.6 Å². The average Bonchev–Trinajstić information content (AvgIpc) is 2.85. The Kier molecular flexibility index (Phi) is 10.8. The third-order valence-corrected chi connectivity index (χ3v) is 5.69. The highest BCUT2D eigenvalue weighted by Crippen LogP contribution is 2.38. The molecule has 1 atom stereocenters. The summed E-state index contributed by atoms with van der Waals surface area (Å²) in [5, 5.41) is 0. The van der Waals surface area contributed by atoms with Gasteiger partial charge in [-0.1, -0.05) is 19.1 Å². The van der Waals surface area contributed by atoms with Crippen molar-refractivity contribution in [3.8, 4) is 23.0 Å². The average molecular weight is 460 g/mol. The van der Waals surface area contributed by atoms with E-state index in [9.17, 15) is 4.79 Å². The number of carbonyl (C=O) groups excluding carboxylic acids is 1. The first-order valence-electron chi connectivity index (χ1n) is 11.3. The van der Waals surface area contributed by atoms with Gasteiger partial charge in [0.2, 0.25) is 5.75 Å². The number of unbranched alkanes of at least 4 members (excludes halogenated alkanes) is 1. The van der Waals surface area contributed by atoms with Crippen LogP contribution in [0.25, 0.3) is 0 Å². The van der Waals surface area contributed by atoms with Crippen LogP contribution >= 0.6 is 0 Å². The molecule has 0 fully saturated rings. The van der Waals surface area contributed by atoms with E-state index >= 15 is 0 Å². The van der Waals surface area contributed by atoms with Gasteiger partial charge >= 0.3 is 5.97 Å². The quantitative estimate of drug-likeness (QED) is 0.302. The molecule has 0 spiro atoms. The van der Waals surface area contributed by atoms with Crippen LogP contribution in [0.2, 0.25) is 0 Å². The zero-order valence-electron chi connectivity index (χ0n) is 20.7. The molecule has 7 nitrogen and oxygen atoms in total. The fourth-order valence-corrected chi connectivity index (χ4v) is 3.79. The van der Waals surface area contributed by atoms with Gasteiger partial charge in [-0.25, -0.2) is 4.79 Å². The number of methoxy groups -OCH3 is 4. The minimum absolute atomic E-state index is 0.361. The molecule has 2 aromatic carbocycles. The number of benzene rings is 2. The number of carbonyl (C=O) groups is 1. The van der Waals surface area contributed by atoms with Gasteiger partial charge in [0.25, 0.3) is 0 Å². The van der Waals surface area contributed by atoms with Crippen LogP contribution in [0.3, 0.4) is 0 Å². The molecule has 0 aromatic heterocycles. The minimum atomic E-state index is -0.408. The first-order chi connectivity index (χ1) is 16.0. The first kappa shape index (κ1) is 26.3. The van der Waals surface area contributed by atoms with Crippen LogP contribution in [-0.4, -0.2) is 65.0 Å². The molecule has 182 valence electrons. The van der Waals surface area contributed by atoms with E-state index in [-0.39, 0.29) is 0 Å². The zero-order chi connectivity index (χ0) is 24.2. The highest BCUT2D eigenvalue weighted by atomic mass is 16.5. The van der Waals surface area contributed by atoms with Crippen LogP contribution in [0.4, 0.5) is 0 Å². The van der Waals surface area contributed by atoms with Crippen molar-refractivity contribution >= 4 is 5.97 Å². The zero-order valence-corrected chi connectivity index (χ0v) is 20.7. The van der Waals surface area contributed by atoms with Crippen molar-refractivity contribution in [2.75, 3.05) is 48.1 Å². The van der Waals surface area contributed by atoms with Crippen molar-refractivity contribution in [3.63, 3.8) is 0 Å². The Bertz CT molecular complexity index is 843. The van der Waals surface area contributed by atoms with Crippen LogP contribution in [0.5, 0.6) is 23.0 Å². The number of esters is 1. The molecule has 33 heavy (non-hydrogen) atoms. The monoisotopic (exact) mass is 459 g/mol. The molecule has 0 bridgehead atoms. The summed E-state index contributed by atoms with van der Waals surface area (Å²) < 4.78 is 26.6. The van der Waals surface area contributed by atoms with Crippen molar-refractivity contribution in [3.05, 3.63) is 47.5 Å². The Morgan fingerprint density at radius 2 is 1.55 bits per heavy atom. The van der Waals surface area contributed by atoms with Gasteiger partial charge in [0, 0.05) is 6.04 Å². The van der Waals surface area contributed by atoms with E-state index in [2.05, 4.69) is 30.9 Å². The third kappa shape index (κ3) is 7.56. The van der Waals surface area contributed by atoms with Gasteiger partial charge in [-0.15, -0.1) is 0 Å². The molecule has 0 saturated heterocycles. The molecule has 0 aliphatic carbocycles. The summed E-state index contributed by atoms with van der Waals surface area (Å²) >= 11 is 0. The summed E-state index contributed by atoms with van der Waals surface area (Å²) in [4.78, 5) is 14.9. The second-order valence-electron chi connectivity index (χ2n) is 7.79. The van der Waals surface area contributed by atoms with E-state index in [1.807, 2.05) is 12.1 Å². The largest absolute Gasteiger partial charge is 0.497 e. The van der Waals surface area contributed by atoms with E-state index in [4.69, 9.17) is 23.7 Å². The molecule has 0 aliphatic rings. The number of likely N-dealkylation sites (N-methyl/N-ethyl adjacent to an activating group) is 1. The van der Waals surface area contributed by atoms with Gasteiger partial charge in [0.15, 0.2) is 11.5 Å². The summed E-state index contributed by atoms with van der Waals surface area (Å²) in [6.07, 6.45) is 2.72. The summed E-state index contributed by atoms with van der Waals surface area (Å²) in [6.45, 7) is 6.71. The molecule has 2 aromatic rings. The lowest BCUT2D eigenvalue weighted by Crippen LogP contribution is -2.35. The van der Waals surface area contributed by atoms with Gasteiger partial charge in [-0.05, 0) is 69.1 Å². The van der Waals surface area contributed by atoms with Crippen molar-refractivity contribution in [2.45, 2.75) is 39.2 Å². The maximum atomic E-state index is 12.5. The standard InChI is InChI=1S/C26H37NO6/c1-7-27(19(2)16-20-10-12-22(29-3)13-11-20)14-8-9-15-33-26(28)21-17-23(30-4)25(32-6)24(18-21)31-5/h10-13,17-19H,7-9,14-16H2,1-6H3. The molecule has 0 radical (unpaired) electrons. The summed E-state index contributed by atoms with van der Waals surface area (Å²) in [7, 11) is 6.23. The highest BCUT2D eigenvalue weighted by molar-refractivity contribution is 5.91. The van der Waals surface area contributed by atoms with Gasteiger partial charge in [-0.2, -0.15) is 0 Å². The maximum Gasteiger partial charge on any atom is 0.338 e. The van der Waals surface area contributed by atoms with Gasteiger partial charge in [-0.3, -0.25) is 0 Å². The predicted octanol–water partition coefficient (Wildman–Crippen LogP) is 4.61.